The summed E-state index contributed by atoms with van der Waals surface area (Å²) in [6.07, 6.45) is 0. The molecule has 0 fully saturated rings. The van der Waals surface area contributed by atoms with E-state index in [-0.39, 0.29) is 29.3 Å². The number of hydrogen-bond acceptors (Lipinski definition) is 7. The topological polar surface area (TPSA) is 113 Å². The summed E-state index contributed by atoms with van der Waals surface area (Å²) < 4.78 is 17.4. The van der Waals surface area contributed by atoms with Crippen molar-refractivity contribution in [2.45, 2.75) is 25.8 Å². The maximum absolute atomic E-state index is 14.1. The summed E-state index contributed by atoms with van der Waals surface area (Å²) in [5.41, 5.74) is 5.52. The number of aryl methyl sites for hydroxylation is 1. The predicted octanol–water partition coefficient (Wildman–Crippen LogP) is 1.19. The van der Waals surface area contributed by atoms with Gasteiger partial charge in [-0.15, -0.1) is 0 Å². The fourth-order valence-electron chi connectivity index (χ4n) is 4.71. The number of amides is 1. The predicted molar refractivity (Wildman–Crippen MR) is 116 cm³/mol. The molecular weight excluding hydrogens is 414 g/mol. The molecule has 1 aromatic carbocycles. The average molecular weight is 439 g/mol. The Balaban J connectivity index is 2.17. The number of fused-ring (bicyclic) bond motifs is 4. The van der Waals surface area contributed by atoms with E-state index < -0.39 is 22.9 Å². The summed E-state index contributed by atoms with van der Waals surface area (Å²) in [5.74, 6) is -1.41. The van der Waals surface area contributed by atoms with Crippen LogP contribution in [0.3, 0.4) is 0 Å². The highest BCUT2D eigenvalue weighted by atomic mass is 16.5. The molecule has 0 unspecified atom stereocenters. The van der Waals surface area contributed by atoms with Crippen LogP contribution in [0, 0.1) is 6.92 Å². The molecule has 168 valence electrons. The number of rotatable bonds is 5. The molecule has 3 heterocycles. The van der Waals surface area contributed by atoms with Crippen LogP contribution in [-0.4, -0.2) is 43.8 Å². The van der Waals surface area contributed by atoms with Crippen molar-refractivity contribution in [2.24, 2.45) is 5.73 Å². The van der Waals surface area contributed by atoms with Crippen LogP contribution < -0.4 is 20.9 Å². The van der Waals surface area contributed by atoms with Gasteiger partial charge in [0.2, 0.25) is 11.8 Å². The van der Waals surface area contributed by atoms with Gasteiger partial charge in [0.15, 0.2) is 0 Å². The van der Waals surface area contributed by atoms with Gasteiger partial charge in [-0.05, 0) is 19.9 Å². The fraction of sp³-hybridized carbons (Fsp3) is 0.348. The third-order valence-electron chi connectivity index (χ3n) is 6.08. The molecule has 4 rings (SSSR count). The zero-order chi connectivity index (χ0) is 23.2. The van der Waals surface area contributed by atoms with Gasteiger partial charge in [0.1, 0.15) is 16.7 Å². The molecule has 2 aromatic rings. The summed E-state index contributed by atoms with van der Waals surface area (Å²) in [5, 5.41) is 0. The van der Waals surface area contributed by atoms with Gasteiger partial charge in [0.25, 0.3) is 5.56 Å². The third-order valence-corrected chi connectivity index (χ3v) is 6.08. The Bertz CT molecular complexity index is 1210. The molecule has 1 spiro atoms. The van der Waals surface area contributed by atoms with E-state index in [1.807, 2.05) is 6.92 Å². The minimum Gasteiger partial charge on any atom is -0.465 e. The number of methoxy groups -OCH3 is 2. The number of nitrogens with zero attached hydrogens (tertiary/aromatic N) is 2. The highest BCUT2D eigenvalue weighted by Crippen LogP contribution is 2.54. The normalized spacial score (nSPS) is 19.1. The van der Waals surface area contributed by atoms with Crippen molar-refractivity contribution in [3.05, 3.63) is 69.0 Å². The van der Waals surface area contributed by atoms with Gasteiger partial charge in [0.05, 0.1) is 19.3 Å². The number of anilines is 1. The zero-order valence-corrected chi connectivity index (χ0v) is 18.4. The molecule has 0 bridgehead atoms. The van der Waals surface area contributed by atoms with Crippen molar-refractivity contribution >= 4 is 17.6 Å². The number of para-hydroxylation sites is 1. The van der Waals surface area contributed by atoms with Gasteiger partial charge < -0.3 is 29.4 Å². The second-order valence-corrected chi connectivity index (χ2v) is 7.62. The van der Waals surface area contributed by atoms with Gasteiger partial charge in [0, 0.05) is 43.2 Å². The van der Waals surface area contributed by atoms with Crippen LogP contribution in [0.2, 0.25) is 0 Å². The molecule has 1 aromatic heterocycles. The Kier molecular flexibility index (Phi) is 5.29. The van der Waals surface area contributed by atoms with E-state index in [0.29, 0.717) is 30.1 Å². The molecule has 0 saturated carbocycles. The van der Waals surface area contributed by atoms with Crippen LogP contribution in [0.1, 0.15) is 23.7 Å². The lowest BCUT2D eigenvalue weighted by atomic mass is 9.68. The van der Waals surface area contributed by atoms with E-state index >= 15 is 0 Å². The molecule has 0 saturated heterocycles. The van der Waals surface area contributed by atoms with Crippen LogP contribution in [0.15, 0.2) is 46.6 Å². The molecule has 0 aliphatic carbocycles. The first-order valence-electron chi connectivity index (χ1n) is 10.3. The summed E-state index contributed by atoms with van der Waals surface area (Å²) >= 11 is 0. The molecule has 32 heavy (non-hydrogen) atoms. The molecular formula is C23H25N3O6. The lowest BCUT2D eigenvalue weighted by molar-refractivity contribution is -0.138. The quantitative estimate of drug-likeness (QED) is 0.697. The summed E-state index contributed by atoms with van der Waals surface area (Å²) in [4.78, 5) is 42.5. The minimum absolute atomic E-state index is 0.0437. The molecule has 1 atom stereocenters. The lowest BCUT2D eigenvalue weighted by Crippen LogP contribution is -2.52. The van der Waals surface area contributed by atoms with Crippen molar-refractivity contribution in [1.29, 1.82) is 0 Å². The Labute approximate surface area is 185 Å². The standard InChI is InChI=1S/C23H25N3O6/c1-5-25-15-9-7-6-8-14(15)23(22(25)29)17-16(32-19(24)18(23)21(28)31-4)12-13(2)26(20(17)27)10-11-30-3/h6-9,12H,5,10-11,24H2,1-4H3/t23-/m1/s1. The molecule has 9 heteroatoms. The van der Waals surface area contributed by atoms with Crippen LogP contribution >= 0.6 is 0 Å². The molecule has 1 amide bonds. The van der Waals surface area contributed by atoms with Crippen LogP contribution in [0.4, 0.5) is 5.69 Å². The number of carbonyl (C=O) groups is 2. The van der Waals surface area contributed by atoms with Gasteiger partial charge in [-0.3, -0.25) is 9.59 Å². The van der Waals surface area contributed by atoms with E-state index in [4.69, 9.17) is 19.9 Å². The first-order chi connectivity index (χ1) is 15.3. The van der Waals surface area contributed by atoms with Crippen LogP contribution in [0.5, 0.6) is 5.75 Å². The third kappa shape index (κ3) is 2.70. The first-order valence-corrected chi connectivity index (χ1v) is 10.3. The van der Waals surface area contributed by atoms with Gasteiger partial charge >= 0.3 is 5.97 Å². The molecule has 2 aliphatic heterocycles. The number of esters is 1. The number of aromatic nitrogens is 1. The number of hydrogen-bond donors (Lipinski definition) is 1. The van der Waals surface area contributed by atoms with Crippen molar-refractivity contribution in [1.82, 2.24) is 4.57 Å². The molecule has 2 N–H and O–H groups in total. The highest BCUT2D eigenvalue weighted by Gasteiger charge is 2.62. The fourth-order valence-corrected chi connectivity index (χ4v) is 4.71. The summed E-state index contributed by atoms with van der Waals surface area (Å²) in [6, 6.07) is 8.71. The smallest absolute Gasteiger partial charge is 0.340 e. The van der Waals surface area contributed by atoms with E-state index in [1.165, 1.54) is 18.8 Å². The Morgan fingerprint density at radius 3 is 2.59 bits per heavy atom. The largest absolute Gasteiger partial charge is 0.465 e. The van der Waals surface area contributed by atoms with E-state index in [2.05, 4.69) is 0 Å². The Hall–Kier alpha value is -3.59. The Morgan fingerprint density at radius 2 is 1.94 bits per heavy atom. The van der Waals surface area contributed by atoms with Gasteiger partial charge in [-0.25, -0.2) is 4.79 Å². The SMILES string of the molecule is CCN1C(=O)[C@]2(C(C(=O)OC)=C(N)Oc3cc(C)n(CCOC)c(=O)c32)c2ccccc21. The van der Waals surface area contributed by atoms with Crippen LogP contribution in [0.25, 0.3) is 0 Å². The molecule has 2 aliphatic rings. The molecule has 9 nitrogen and oxygen atoms in total. The van der Waals surface area contributed by atoms with Crippen molar-refractivity contribution < 1.29 is 23.8 Å². The number of carbonyl (C=O) groups excluding carboxylic acids is 2. The number of likely N-dealkylation sites (N-methyl/N-ethyl adjacent to an activating group) is 1. The van der Waals surface area contributed by atoms with Crippen molar-refractivity contribution in [3.8, 4) is 5.75 Å². The van der Waals surface area contributed by atoms with Crippen LogP contribution in [-0.2, 0) is 31.0 Å². The molecule has 0 radical (unpaired) electrons. The summed E-state index contributed by atoms with van der Waals surface area (Å²) in [7, 11) is 2.73. The second-order valence-electron chi connectivity index (χ2n) is 7.62. The monoisotopic (exact) mass is 439 g/mol. The van der Waals surface area contributed by atoms with Crippen molar-refractivity contribution in [2.75, 3.05) is 32.3 Å². The second kappa shape index (κ2) is 7.83. The van der Waals surface area contributed by atoms with Crippen molar-refractivity contribution in [3.63, 3.8) is 0 Å². The average Bonchev–Trinajstić information content (AvgIpc) is 3.01. The minimum atomic E-state index is -1.78. The zero-order valence-electron chi connectivity index (χ0n) is 18.4. The van der Waals surface area contributed by atoms with Gasteiger partial charge in [-0.2, -0.15) is 0 Å². The highest BCUT2D eigenvalue weighted by molar-refractivity contribution is 6.18. The number of benzene rings is 1. The lowest BCUT2D eigenvalue weighted by Gasteiger charge is -2.35. The number of nitrogens with two attached hydrogens (primary N) is 1. The number of pyridine rings is 1. The van der Waals surface area contributed by atoms with E-state index in [1.54, 1.807) is 42.2 Å². The maximum Gasteiger partial charge on any atom is 0.340 e. The van der Waals surface area contributed by atoms with Gasteiger partial charge in [-0.1, -0.05) is 18.2 Å². The Morgan fingerprint density at radius 1 is 1.22 bits per heavy atom. The van der Waals surface area contributed by atoms with E-state index in [0.717, 1.165) is 0 Å². The van der Waals surface area contributed by atoms with E-state index in [9.17, 15) is 14.4 Å². The maximum atomic E-state index is 14.1. The first kappa shape index (κ1) is 21.6. The summed E-state index contributed by atoms with van der Waals surface area (Å²) in [6.45, 7) is 4.48. The number of ether oxygens (including phenoxy) is 3.